The van der Waals surface area contributed by atoms with E-state index in [0.717, 1.165) is 31.7 Å². The molecular formula is C17H25F3N2O. The normalized spacial score (nSPS) is 22.3. The minimum absolute atomic E-state index is 0.130. The molecule has 2 N–H and O–H groups in total. The third-order valence-electron chi connectivity index (χ3n) is 4.54. The molecule has 2 atom stereocenters. The molecule has 0 amide bonds. The highest BCUT2D eigenvalue weighted by atomic mass is 19.4. The van der Waals surface area contributed by atoms with E-state index in [1.54, 1.807) is 6.07 Å². The van der Waals surface area contributed by atoms with Crippen molar-refractivity contribution in [3.63, 3.8) is 0 Å². The fourth-order valence-corrected chi connectivity index (χ4v) is 3.10. The van der Waals surface area contributed by atoms with E-state index in [2.05, 4.69) is 6.92 Å². The highest BCUT2D eigenvalue weighted by molar-refractivity contribution is 5.54. The molecule has 0 aliphatic carbocycles. The molecule has 1 heterocycles. The van der Waals surface area contributed by atoms with Gasteiger partial charge in [-0.2, -0.15) is 13.2 Å². The second-order valence-corrected chi connectivity index (χ2v) is 6.22. The summed E-state index contributed by atoms with van der Waals surface area (Å²) in [4.78, 5) is 2.00. The van der Waals surface area contributed by atoms with Crippen LogP contribution in [0.5, 0.6) is 5.75 Å². The van der Waals surface area contributed by atoms with Gasteiger partial charge in [-0.25, -0.2) is 0 Å². The lowest BCUT2D eigenvalue weighted by Gasteiger charge is -2.38. The lowest BCUT2D eigenvalue weighted by molar-refractivity contribution is -0.137. The van der Waals surface area contributed by atoms with Gasteiger partial charge >= 0.3 is 6.18 Å². The van der Waals surface area contributed by atoms with Crippen molar-refractivity contribution in [2.24, 2.45) is 11.7 Å². The zero-order valence-corrected chi connectivity index (χ0v) is 13.7. The number of ether oxygens (including phenoxy) is 1. The summed E-state index contributed by atoms with van der Waals surface area (Å²) in [5.74, 6) is 0.555. The van der Waals surface area contributed by atoms with E-state index in [1.807, 2.05) is 4.90 Å². The number of anilines is 1. The van der Waals surface area contributed by atoms with Gasteiger partial charge in [-0.1, -0.05) is 19.8 Å². The number of methoxy groups -OCH3 is 1. The largest absolute Gasteiger partial charge is 0.497 e. The Morgan fingerprint density at radius 3 is 2.65 bits per heavy atom. The Morgan fingerprint density at radius 2 is 2.04 bits per heavy atom. The number of benzene rings is 1. The Morgan fingerprint density at radius 1 is 1.30 bits per heavy atom. The third-order valence-corrected chi connectivity index (χ3v) is 4.54. The highest BCUT2D eigenvalue weighted by Crippen LogP contribution is 2.36. The maximum absolute atomic E-state index is 13.1. The van der Waals surface area contributed by atoms with E-state index in [-0.39, 0.29) is 11.8 Å². The van der Waals surface area contributed by atoms with Gasteiger partial charge < -0.3 is 15.4 Å². The summed E-state index contributed by atoms with van der Waals surface area (Å²) < 4.78 is 44.2. The molecule has 0 unspecified atom stereocenters. The molecule has 2 rings (SSSR count). The van der Waals surface area contributed by atoms with Gasteiger partial charge in [-0.3, -0.25) is 0 Å². The van der Waals surface area contributed by atoms with Crippen LogP contribution in [-0.4, -0.2) is 26.2 Å². The van der Waals surface area contributed by atoms with Crippen LogP contribution in [0.3, 0.4) is 0 Å². The summed E-state index contributed by atoms with van der Waals surface area (Å²) in [6.45, 7) is 3.50. The minimum atomic E-state index is -4.38. The van der Waals surface area contributed by atoms with Crippen molar-refractivity contribution in [3.8, 4) is 5.75 Å². The molecule has 0 aromatic heterocycles. The predicted molar refractivity (Wildman–Crippen MR) is 85.8 cm³/mol. The Balaban J connectivity index is 2.23. The molecule has 6 heteroatoms. The number of rotatable bonds is 5. The van der Waals surface area contributed by atoms with Gasteiger partial charge in [0.15, 0.2) is 0 Å². The number of hydrogen-bond acceptors (Lipinski definition) is 3. The first-order valence-corrected chi connectivity index (χ1v) is 8.12. The zero-order chi connectivity index (χ0) is 17.0. The predicted octanol–water partition coefficient (Wildman–Crippen LogP) is 4.06. The SMILES string of the molecule is CCCC[C@H]1CN(c2cc(OC)cc(C(F)(F)F)c2)CC[C@H]1N. The Hall–Kier alpha value is -1.43. The van der Waals surface area contributed by atoms with E-state index in [1.165, 1.54) is 13.2 Å². The molecular weight excluding hydrogens is 305 g/mol. The maximum atomic E-state index is 13.1. The van der Waals surface area contributed by atoms with Crippen LogP contribution in [0, 0.1) is 5.92 Å². The van der Waals surface area contributed by atoms with E-state index in [9.17, 15) is 13.2 Å². The average Bonchev–Trinajstić information content (AvgIpc) is 2.52. The summed E-state index contributed by atoms with van der Waals surface area (Å²) >= 11 is 0. The maximum Gasteiger partial charge on any atom is 0.416 e. The van der Waals surface area contributed by atoms with Crippen LogP contribution in [-0.2, 0) is 6.18 Å². The van der Waals surface area contributed by atoms with Gasteiger partial charge in [-0.15, -0.1) is 0 Å². The smallest absolute Gasteiger partial charge is 0.416 e. The lowest BCUT2D eigenvalue weighted by atomic mass is 9.88. The fraction of sp³-hybridized carbons (Fsp3) is 0.647. The zero-order valence-electron chi connectivity index (χ0n) is 13.7. The Labute approximate surface area is 135 Å². The van der Waals surface area contributed by atoms with E-state index in [0.29, 0.717) is 24.7 Å². The van der Waals surface area contributed by atoms with Gasteiger partial charge in [0.2, 0.25) is 0 Å². The van der Waals surface area contributed by atoms with Crippen LogP contribution in [0.25, 0.3) is 0 Å². The van der Waals surface area contributed by atoms with Crippen LogP contribution in [0.2, 0.25) is 0 Å². The highest BCUT2D eigenvalue weighted by Gasteiger charge is 2.33. The van der Waals surface area contributed by atoms with E-state index >= 15 is 0 Å². The van der Waals surface area contributed by atoms with Crippen LogP contribution in [0.1, 0.15) is 38.2 Å². The molecule has 1 aromatic rings. The Kier molecular flexibility index (Phi) is 5.79. The standard InChI is InChI=1S/C17H25F3N2O/c1-3-4-5-12-11-22(7-6-16(12)21)14-8-13(17(18,19)20)9-15(10-14)23-2/h8-10,12,16H,3-7,11,21H2,1-2H3/t12-,16+/m0/s1. The Bertz CT molecular complexity index is 519. The van der Waals surface area contributed by atoms with Crippen molar-refractivity contribution in [2.75, 3.05) is 25.1 Å². The van der Waals surface area contributed by atoms with Gasteiger partial charge in [0.25, 0.3) is 0 Å². The molecule has 0 radical (unpaired) electrons. The molecule has 1 aromatic carbocycles. The summed E-state index contributed by atoms with van der Waals surface area (Å²) in [6, 6.07) is 4.04. The van der Waals surface area contributed by atoms with Crippen molar-refractivity contribution in [1.29, 1.82) is 0 Å². The molecule has 1 aliphatic heterocycles. The minimum Gasteiger partial charge on any atom is -0.497 e. The quantitative estimate of drug-likeness (QED) is 0.885. The molecule has 3 nitrogen and oxygen atoms in total. The molecule has 23 heavy (non-hydrogen) atoms. The first kappa shape index (κ1) is 17.9. The van der Waals surface area contributed by atoms with Gasteiger partial charge in [0.05, 0.1) is 12.7 Å². The summed E-state index contributed by atoms with van der Waals surface area (Å²) in [6.07, 6.45) is -0.368. The number of halogens is 3. The summed E-state index contributed by atoms with van der Waals surface area (Å²) in [7, 11) is 1.38. The first-order chi connectivity index (χ1) is 10.8. The van der Waals surface area contributed by atoms with Crippen molar-refractivity contribution in [3.05, 3.63) is 23.8 Å². The number of nitrogens with zero attached hydrogens (tertiary/aromatic N) is 1. The van der Waals surface area contributed by atoms with Gasteiger partial charge in [0, 0.05) is 30.9 Å². The van der Waals surface area contributed by atoms with Crippen LogP contribution in [0.4, 0.5) is 18.9 Å². The van der Waals surface area contributed by atoms with Crippen molar-refractivity contribution in [2.45, 2.75) is 44.8 Å². The van der Waals surface area contributed by atoms with Crippen molar-refractivity contribution >= 4 is 5.69 Å². The first-order valence-electron chi connectivity index (χ1n) is 8.12. The number of piperidine rings is 1. The molecule has 1 fully saturated rings. The average molecular weight is 330 g/mol. The van der Waals surface area contributed by atoms with Crippen LogP contribution in [0.15, 0.2) is 18.2 Å². The van der Waals surface area contributed by atoms with Crippen LogP contribution < -0.4 is 15.4 Å². The topological polar surface area (TPSA) is 38.5 Å². The van der Waals surface area contributed by atoms with E-state index in [4.69, 9.17) is 10.5 Å². The van der Waals surface area contributed by atoms with E-state index < -0.39 is 11.7 Å². The van der Waals surface area contributed by atoms with Crippen LogP contribution >= 0.6 is 0 Å². The second-order valence-electron chi connectivity index (χ2n) is 6.22. The van der Waals surface area contributed by atoms with Crippen molar-refractivity contribution < 1.29 is 17.9 Å². The van der Waals surface area contributed by atoms with Gasteiger partial charge in [0.1, 0.15) is 5.75 Å². The number of nitrogens with two attached hydrogens (primary N) is 1. The number of unbranched alkanes of at least 4 members (excludes halogenated alkanes) is 1. The van der Waals surface area contributed by atoms with Crippen molar-refractivity contribution in [1.82, 2.24) is 0 Å². The molecule has 1 aliphatic rings. The van der Waals surface area contributed by atoms with Gasteiger partial charge in [-0.05, 0) is 30.9 Å². The summed E-state index contributed by atoms with van der Waals surface area (Å²) in [5, 5.41) is 0. The molecule has 130 valence electrons. The third kappa shape index (κ3) is 4.53. The second kappa shape index (κ2) is 7.43. The monoisotopic (exact) mass is 330 g/mol. The number of hydrogen-bond donors (Lipinski definition) is 1. The molecule has 0 bridgehead atoms. The summed E-state index contributed by atoms with van der Waals surface area (Å²) in [5.41, 5.74) is 6.07. The fourth-order valence-electron chi connectivity index (χ4n) is 3.10. The lowest BCUT2D eigenvalue weighted by Crippen LogP contribution is -2.47. The number of alkyl halides is 3. The molecule has 0 spiro atoms. The molecule has 1 saturated heterocycles. The molecule has 0 saturated carbocycles.